The lowest BCUT2D eigenvalue weighted by Crippen LogP contribution is -2.39. The molecule has 130 valence electrons. The van der Waals surface area contributed by atoms with E-state index in [0.717, 1.165) is 12.0 Å². The standard InChI is InChI=1S/C23H26O2/c1-5-13-23(4)15-20(19-8-6-7-17(3)14-19)21(25-22(23)24)18-11-9-16(2)10-12-18/h5-12,14,20-21H,1,13,15H2,2-4H3/t20-,21+,23+/m1/s1. The van der Waals surface area contributed by atoms with Gasteiger partial charge in [0.2, 0.25) is 0 Å². The minimum Gasteiger partial charge on any atom is -0.456 e. The van der Waals surface area contributed by atoms with Crippen molar-refractivity contribution in [2.75, 3.05) is 0 Å². The zero-order chi connectivity index (χ0) is 18.0. The number of cyclic esters (lactones) is 1. The van der Waals surface area contributed by atoms with Gasteiger partial charge in [-0.05, 0) is 44.7 Å². The van der Waals surface area contributed by atoms with Crippen molar-refractivity contribution in [2.24, 2.45) is 5.41 Å². The van der Waals surface area contributed by atoms with E-state index in [1.165, 1.54) is 16.7 Å². The van der Waals surface area contributed by atoms with Crippen molar-refractivity contribution in [3.63, 3.8) is 0 Å². The molecular weight excluding hydrogens is 308 g/mol. The number of esters is 1. The highest BCUT2D eigenvalue weighted by atomic mass is 16.5. The molecule has 0 radical (unpaired) electrons. The summed E-state index contributed by atoms with van der Waals surface area (Å²) in [5, 5.41) is 0. The van der Waals surface area contributed by atoms with Gasteiger partial charge in [-0.3, -0.25) is 4.79 Å². The van der Waals surface area contributed by atoms with E-state index >= 15 is 0 Å². The predicted octanol–water partition coefficient (Wildman–Crippen LogP) is 5.66. The van der Waals surface area contributed by atoms with Crippen LogP contribution in [-0.2, 0) is 9.53 Å². The molecule has 2 nitrogen and oxygen atoms in total. The summed E-state index contributed by atoms with van der Waals surface area (Å²) in [6.45, 7) is 9.98. The van der Waals surface area contributed by atoms with Gasteiger partial charge in [0.05, 0.1) is 5.41 Å². The van der Waals surface area contributed by atoms with Gasteiger partial charge in [0, 0.05) is 5.92 Å². The number of benzene rings is 2. The number of hydrogen-bond acceptors (Lipinski definition) is 2. The van der Waals surface area contributed by atoms with Crippen LogP contribution in [0.2, 0.25) is 0 Å². The minimum atomic E-state index is -0.517. The van der Waals surface area contributed by atoms with Gasteiger partial charge in [0.15, 0.2) is 0 Å². The number of hydrogen-bond donors (Lipinski definition) is 0. The normalized spacial score (nSPS) is 26.1. The summed E-state index contributed by atoms with van der Waals surface area (Å²) < 4.78 is 6.00. The molecule has 0 N–H and O–H groups in total. The van der Waals surface area contributed by atoms with E-state index < -0.39 is 5.41 Å². The van der Waals surface area contributed by atoms with Crippen LogP contribution in [0.25, 0.3) is 0 Å². The average Bonchev–Trinajstić information content (AvgIpc) is 2.58. The van der Waals surface area contributed by atoms with Crippen molar-refractivity contribution in [1.82, 2.24) is 0 Å². The van der Waals surface area contributed by atoms with E-state index in [1.807, 2.05) is 13.0 Å². The second-order valence-corrected chi connectivity index (χ2v) is 7.51. The van der Waals surface area contributed by atoms with E-state index in [2.05, 4.69) is 69.0 Å². The van der Waals surface area contributed by atoms with Crippen LogP contribution in [-0.4, -0.2) is 5.97 Å². The summed E-state index contributed by atoms with van der Waals surface area (Å²) in [7, 11) is 0. The van der Waals surface area contributed by atoms with Gasteiger partial charge in [0.1, 0.15) is 6.10 Å². The number of carbonyl (C=O) groups is 1. The summed E-state index contributed by atoms with van der Waals surface area (Å²) in [6, 6.07) is 16.8. The number of aryl methyl sites for hydroxylation is 2. The van der Waals surface area contributed by atoms with Crippen molar-refractivity contribution in [3.8, 4) is 0 Å². The summed E-state index contributed by atoms with van der Waals surface area (Å²) >= 11 is 0. The molecule has 1 aliphatic heterocycles. The van der Waals surface area contributed by atoms with Crippen LogP contribution in [0, 0.1) is 19.3 Å². The predicted molar refractivity (Wildman–Crippen MR) is 101 cm³/mol. The Hall–Kier alpha value is -2.35. The van der Waals surface area contributed by atoms with Crippen LogP contribution in [0.1, 0.15) is 54.0 Å². The lowest BCUT2D eigenvalue weighted by Gasteiger charge is -2.41. The molecule has 25 heavy (non-hydrogen) atoms. The summed E-state index contributed by atoms with van der Waals surface area (Å²) in [4.78, 5) is 12.7. The first-order valence-corrected chi connectivity index (χ1v) is 8.88. The Bertz CT molecular complexity index is 775. The monoisotopic (exact) mass is 334 g/mol. The molecule has 3 atom stereocenters. The van der Waals surface area contributed by atoms with E-state index in [4.69, 9.17) is 4.74 Å². The molecule has 3 rings (SSSR count). The first kappa shape index (κ1) is 17.5. The second-order valence-electron chi connectivity index (χ2n) is 7.51. The highest BCUT2D eigenvalue weighted by molar-refractivity contribution is 5.78. The quantitative estimate of drug-likeness (QED) is 0.533. The van der Waals surface area contributed by atoms with E-state index in [-0.39, 0.29) is 18.0 Å². The van der Waals surface area contributed by atoms with Crippen LogP contribution >= 0.6 is 0 Å². The molecule has 1 saturated heterocycles. The Labute approximate surface area is 150 Å². The van der Waals surface area contributed by atoms with Gasteiger partial charge < -0.3 is 4.74 Å². The van der Waals surface area contributed by atoms with Crippen molar-refractivity contribution < 1.29 is 9.53 Å². The first-order valence-electron chi connectivity index (χ1n) is 8.88. The molecule has 1 heterocycles. The highest BCUT2D eigenvalue weighted by Gasteiger charge is 2.46. The molecule has 2 heteroatoms. The van der Waals surface area contributed by atoms with E-state index in [0.29, 0.717) is 6.42 Å². The number of rotatable bonds is 4. The van der Waals surface area contributed by atoms with Crippen LogP contribution in [0.3, 0.4) is 0 Å². The lowest BCUT2D eigenvalue weighted by atomic mass is 9.71. The molecule has 1 fully saturated rings. The molecular formula is C23H26O2. The maximum atomic E-state index is 12.7. The molecule has 2 aromatic carbocycles. The zero-order valence-electron chi connectivity index (χ0n) is 15.3. The van der Waals surface area contributed by atoms with Gasteiger partial charge >= 0.3 is 5.97 Å². The third-order valence-corrected chi connectivity index (χ3v) is 5.23. The van der Waals surface area contributed by atoms with E-state index in [9.17, 15) is 4.79 Å². The van der Waals surface area contributed by atoms with Crippen molar-refractivity contribution in [3.05, 3.63) is 83.4 Å². The fraction of sp³-hybridized carbons (Fsp3) is 0.348. The van der Waals surface area contributed by atoms with Gasteiger partial charge in [-0.1, -0.05) is 65.7 Å². The topological polar surface area (TPSA) is 26.3 Å². The number of allylic oxidation sites excluding steroid dienone is 1. The SMILES string of the molecule is C=CC[C@@]1(C)C[C@H](c2cccc(C)c2)[C@H](c2ccc(C)cc2)OC1=O. The average molecular weight is 334 g/mol. The highest BCUT2D eigenvalue weighted by Crippen LogP contribution is 2.49. The zero-order valence-corrected chi connectivity index (χ0v) is 15.3. The fourth-order valence-electron chi connectivity index (χ4n) is 3.75. The summed E-state index contributed by atoms with van der Waals surface area (Å²) in [6.07, 6.45) is 2.97. The molecule has 0 saturated carbocycles. The van der Waals surface area contributed by atoms with Gasteiger partial charge in [-0.25, -0.2) is 0 Å². The Morgan fingerprint density at radius 1 is 1.12 bits per heavy atom. The van der Waals surface area contributed by atoms with Crippen LogP contribution < -0.4 is 0 Å². The van der Waals surface area contributed by atoms with E-state index in [1.54, 1.807) is 0 Å². The number of carbonyl (C=O) groups excluding carboxylic acids is 1. The Morgan fingerprint density at radius 2 is 1.84 bits per heavy atom. The minimum absolute atomic E-state index is 0.123. The Morgan fingerprint density at radius 3 is 2.48 bits per heavy atom. The summed E-state index contributed by atoms with van der Waals surface area (Å²) in [5.74, 6) is 0.0205. The molecule has 0 aliphatic carbocycles. The largest absolute Gasteiger partial charge is 0.456 e. The molecule has 0 bridgehead atoms. The maximum absolute atomic E-state index is 12.7. The fourth-order valence-corrected chi connectivity index (χ4v) is 3.75. The van der Waals surface area contributed by atoms with Crippen molar-refractivity contribution in [1.29, 1.82) is 0 Å². The van der Waals surface area contributed by atoms with Crippen LogP contribution in [0.15, 0.2) is 61.2 Å². The first-order chi connectivity index (χ1) is 11.9. The molecule has 1 aliphatic rings. The third-order valence-electron chi connectivity index (χ3n) is 5.23. The van der Waals surface area contributed by atoms with Gasteiger partial charge in [-0.2, -0.15) is 0 Å². The summed E-state index contributed by atoms with van der Waals surface area (Å²) in [5.41, 5.74) is 4.20. The van der Waals surface area contributed by atoms with Gasteiger partial charge in [-0.15, -0.1) is 6.58 Å². The smallest absolute Gasteiger partial charge is 0.312 e. The molecule has 0 amide bonds. The Kier molecular flexibility index (Phi) is 4.80. The third kappa shape index (κ3) is 3.53. The molecule has 2 aromatic rings. The van der Waals surface area contributed by atoms with Gasteiger partial charge in [0.25, 0.3) is 0 Å². The Balaban J connectivity index is 2.03. The second kappa shape index (κ2) is 6.87. The maximum Gasteiger partial charge on any atom is 0.312 e. The van der Waals surface area contributed by atoms with Crippen molar-refractivity contribution in [2.45, 2.75) is 45.6 Å². The molecule has 0 spiro atoms. The van der Waals surface area contributed by atoms with Crippen LogP contribution in [0.4, 0.5) is 0 Å². The molecule has 0 unspecified atom stereocenters. The van der Waals surface area contributed by atoms with Crippen LogP contribution in [0.5, 0.6) is 0 Å². The van der Waals surface area contributed by atoms with Crippen molar-refractivity contribution >= 4 is 5.97 Å². The number of ether oxygens (including phenoxy) is 1. The lowest BCUT2D eigenvalue weighted by molar-refractivity contribution is -0.171. The molecule has 0 aromatic heterocycles.